The number of sulfonamides is 1. The molecule has 0 saturated carbocycles. The summed E-state index contributed by atoms with van der Waals surface area (Å²) in [7, 11) is -3.74. The van der Waals surface area contributed by atoms with Gasteiger partial charge in [-0.05, 0) is 23.8 Å². The maximum absolute atomic E-state index is 12.7. The maximum atomic E-state index is 12.7. The topological polar surface area (TPSA) is 97.7 Å². The van der Waals surface area contributed by atoms with Crippen LogP contribution in [0.2, 0.25) is 0 Å². The van der Waals surface area contributed by atoms with Crippen molar-refractivity contribution in [3.05, 3.63) is 63.8 Å². The van der Waals surface area contributed by atoms with Crippen molar-refractivity contribution in [3.63, 3.8) is 0 Å². The molecule has 3 aromatic rings. The number of aromatic nitrogens is 1. The lowest BCUT2D eigenvalue weighted by Gasteiger charge is -2.26. The van der Waals surface area contributed by atoms with E-state index in [1.54, 1.807) is 11.0 Å². The Balaban J connectivity index is 1.54. The van der Waals surface area contributed by atoms with E-state index in [1.807, 2.05) is 30.3 Å². The van der Waals surface area contributed by atoms with Crippen molar-refractivity contribution in [2.24, 2.45) is 0 Å². The van der Waals surface area contributed by atoms with Crippen molar-refractivity contribution in [2.75, 3.05) is 26.3 Å². The van der Waals surface area contributed by atoms with E-state index in [0.717, 1.165) is 16.9 Å². The summed E-state index contributed by atoms with van der Waals surface area (Å²) in [5, 5.41) is 0. The molecule has 0 spiro atoms. The molecule has 2 aromatic carbocycles. The highest BCUT2D eigenvalue weighted by Crippen LogP contribution is 2.22. The fourth-order valence-electron chi connectivity index (χ4n) is 3.27. The second kappa shape index (κ2) is 8.68. The molecule has 0 radical (unpaired) electrons. The van der Waals surface area contributed by atoms with Gasteiger partial charge in [-0.25, -0.2) is 13.1 Å². The lowest BCUT2D eigenvalue weighted by Crippen LogP contribution is -2.43. The van der Waals surface area contributed by atoms with Gasteiger partial charge in [0, 0.05) is 19.6 Å². The van der Waals surface area contributed by atoms with Crippen LogP contribution in [-0.2, 0) is 32.6 Å². The van der Waals surface area contributed by atoms with Gasteiger partial charge in [0.25, 0.3) is 0 Å². The summed E-state index contributed by atoms with van der Waals surface area (Å²) in [6.07, 6.45) is 0. The Hall–Kier alpha value is -2.53. The van der Waals surface area contributed by atoms with Crippen LogP contribution in [0.3, 0.4) is 0 Å². The van der Waals surface area contributed by atoms with Crippen molar-refractivity contribution in [1.82, 2.24) is 14.2 Å². The summed E-state index contributed by atoms with van der Waals surface area (Å²) in [4.78, 5) is 26.4. The molecule has 1 aliphatic rings. The third-order valence-electron chi connectivity index (χ3n) is 4.92. The number of nitrogens with zero attached hydrogens (tertiary/aromatic N) is 2. The van der Waals surface area contributed by atoms with E-state index in [4.69, 9.17) is 4.74 Å². The van der Waals surface area contributed by atoms with Crippen LogP contribution in [0.5, 0.6) is 0 Å². The summed E-state index contributed by atoms with van der Waals surface area (Å²) in [5.74, 6) is -0.152. The van der Waals surface area contributed by atoms with Gasteiger partial charge in [-0.2, -0.15) is 0 Å². The first-order chi connectivity index (χ1) is 14.4. The van der Waals surface area contributed by atoms with Gasteiger partial charge in [-0.3, -0.25) is 14.2 Å². The van der Waals surface area contributed by atoms with Gasteiger partial charge in [-0.15, -0.1) is 0 Å². The standard InChI is InChI=1S/C20H21N3O5S2/c24-19(22-8-10-28-11-9-22)14-23-17-7-6-16(12-18(17)29-20(23)25)30(26,27)21-13-15-4-2-1-3-5-15/h1-7,12,21H,8-11,13-14H2. The monoisotopic (exact) mass is 447 g/mol. The van der Waals surface area contributed by atoms with Crippen LogP contribution in [0.25, 0.3) is 10.2 Å². The Labute approximate surface area is 177 Å². The van der Waals surface area contributed by atoms with E-state index in [2.05, 4.69) is 4.72 Å². The van der Waals surface area contributed by atoms with Crippen LogP contribution >= 0.6 is 11.3 Å². The van der Waals surface area contributed by atoms with Crippen molar-refractivity contribution < 1.29 is 17.9 Å². The minimum absolute atomic E-state index is 0.0722. The zero-order valence-electron chi connectivity index (χ0n) is 16.1. The second-order valence-corrected chi connectivity index (χ2v) is 9.65. The van der Waals surface area contributed by atoms with Crippen molar-refractivity contribution in [2.45, 2.75) is 18.0 Å². The molecule has 1 aromatic heterocycles. The third-order valence-corrected chi connectivity index (χ3v) is 7.26. The molecule has 10 heteroatoms. The molecule has 1 aliphatic heterocycles. The molecule has 8 nitrogen and oxygen atoms in total. The predicted molar refractivity (Wildman–Crippen MR) is 114 cm³/mol. The first-order valence-corrected chi connectivity index (χ1v) is 11.8. The van der Waals surface area contributed by atoms with E-state index in [1.165, 1.54) is 16.7 Å². The van der Waals surface area contributed by atoms with E-state index in [-0.39, 0.29) is 28.8 Å². The van der Waals surface area contributed by atoms with Crippen LogP contribution in [0.4, 0.5) is 0 Å². The van der Waals surface area contributed by atoms with Gasteiger partial charge in [0.2, 0.25) is 15.9 Å². The van der Waals surface area contributed by atoms with Gasteiger partial charge in [0.15, 0.2) is 0 Å². The number of carbonyl (C=O) groups is 1. The third kappa shape index (κ3) is 4.46. The molecule has 2 heterocycles. The van der Waals surface area contributed by atoms with E-state index >= 15 is 0 Å². The minimum atomic E-state index is -3.74. The smallest absolute Gasteiger partial charge is 0.308 e. The molecule has 1 amide bonds. The SMILES string of the molecule is O=C(Cn1c(=O)sc2cc(S(=O)(=O)NCc3ccccc3)ccc21)N1CCOCC1. The molecule has 0 unspecified atom stereocenters. The molecule has 0 atom stereocenters. The van der Waals surface area contributed by atoms with Gasteiger partial charge >= 0.3 is 4.87 Å². The number of hydrogen-bond acceptors (Lipinski definition) is 6. The number of morpholine rings is 1. The van der Waals surface area contributed by atoms with Crippen molar-refractivity contribution in [1.29, 1.82) is 0 Å². The van der Waals surface area contributed by atoms with Crippen molar-refractivity contribution in [3.8, 4) is 0 Å². The Bertz CT molecular complexity index is 1210. The van der Waals surface area contributed by atoms with Gasteiger partial charge in [0.1, 0.15) is 6.54 Å². The molecule has 1 saturated heterocycles. The first-order valence-electron chi connectivity index (χ1n) is 9.46. The number of thiazole rings is 1. The zero-order chi connectivity index (χ0) is 21.1. The highest BCUT2D eigenvalue weighted by molar-refractivity contribution is 7.89. The Morgan fingerprint density at radius 2 is 1.83 bits per heavy atom. The average Bonchev–Trinajstić information content (AvgIpc) is 3.08. The van der Waals surface area contributed by atoms with Crippen LogP contribution < -0.4 is 9.60 Å². The largest absolute Gasteiger partial charge is 0.378 e. The molecule has 30 heavy (non-hydrogen) atoms. The number of rotatable bonds is 6. The number of nitrogens with one attached hydrogen (secondary N) is 1. The van der Waals surface area contributed by atoms with Crippen LogP contribution in [0.15, 0.2) is 58.2 Å². The fourth-order valence-corrected chi connectivity index (χ4v) is 5.32. The summed E-state index contributed by atoms with van der Waals surface area (Å²) in [6, 6.07) is 13.7. The van der Waals surface area contributed by atoms with Gasteiger partial charge in [-0.1, -0.05) is 41.7 Å². The van der Waals surface area contributed by atoms with Gasteiger partial charge in [0.05, 0.1) is 28.3 Å². The number of ether oxygens (including phenoxy) is 1. The number of amides is 1. The lowest BCUT2D eigenvalue weighted by molar-refractivity contribution is -0.135. The summed E-state index contributed by atoms with van der Waals surface area (Å²) < 4.78 is 35.1. The van der Waals surface area contributed by atoms with Gasteiger partial charge < -0.3 is 9.64 Å². The molecular weight excluding hydrogens is 426 g/mol. The summed E-state index contributed by atoms with van der Waals surface area (Å²) in [5.41, 5.74) is 1.40. The Morgan fingerprint density at radius 3 is 2.57 bits per heavy atom. The normalized spacial score (nSPS) is 14.9. The van der Waals surface area contributed by atoms with Crippen LogP contribution in [0, 0.1) is 0 Å². The zero-order valence-corrected chi connectivity index (χ0v) is 17.7. The van der Waals surface area contributed by atoms with E-state index < -0.39 is 10.0 Å². The molecule has 0 bridgehead atoms. The molecule has 158 valence electrons. The molecular formula is C20H21N3O5S2. The molecule has 4 rings (SSSR count). The quantitative estimate of drug-likeness (QED) is 0.616. The Morgan fingerprint density at radius 1 is 1.10 bits per heavy atom. The maximum Gasteiger partial charge on any atom is 0.308 e. The average molecular weight is 448 g/mol. The summed E-state index contributed by atoms with van der Waals surface area (Å²) >= 11 is 0.932. The highest BCUT2D eigenvalue weighted by atomic mass is 32.2. The Kier molecular flexibility index (Phi) is 6.00. The van der Waals surface area contributed by atoms with E-state index in [0.29, 0.717) is 36.5 Å². The van der Waals surface area contributed by atoms with Crippen molar-refractivity contribution >= 4 is 37.5 Å². The highest BCUT2D eigenvalue weighted by Gasteiger charge is 2.21. The fraction of sp³-hybridized carbons (Fsp3) is 0.300. The van der Waals surface area contributed by atoms with Crippen LogP contribution in [0.1, 0.15) is 5.56 Å². The molecule has 1 N–H and O–H groups in total. The van der Waals surface area contributed by atoms with Crippen LogP contribution in [-0.4, -0.2) is 50.1 Å². The number of benzene rings is 2. The van der Waals surface area contributed by atoms with E-state index in [9.17, 15) is 18.0 Å². The number of carbonyl (C=O) groups excluding carboxylic acids is 1. The number of fused-ring (bicyclic) bond motifs is 1. The lowest BCUT2D eigenvalue weighted by atomic mass is 10.2. The first kappa shape index (κ1) is 20.7. The predicted octanol–water partition coefficient (Wildman–Crippen LogP) is 1.40. The summed E-state index contributed by atoms with van der Waals surface area (Å²) in [6.45, 7) is 2.09. The second-order valence-electron chi connectivity index (χ2n) is 6.89. The molecule has 0 aliphatic carbocycles. The molecule has 1 fully saturated rings. The minimum Gasteiger partial charge on any atom is -0.378 e. The number of hydrogen-bond donors (Lipinski definition) is 1.